The van der Waals surface area contributed by atoms with Crippen molar-refractivity contribution in [2.75, 3.05) is 23.9 Å². The first-order chi connectivity index (χ1) is 9.02. The third-order valence-corrected chi connectivity index (χ3v) is 3.75. The van der Waals surface area contributed by atoms with E-state index in [1.807, 2.05) is 30.5 Å². The number of hydrogen-bond donors (Lipinski definition) is 2. The average Bonchev–Trinajstić information content (AvgIpc) is 2.36. The standard InChI is InChI=1S/C13H16ClN3OS/c1-13(18,8-19-2)7-15-11-9-5-3-4-6-10(9)16-12(14)17-11/h3-6,18H,7-8H2,1-2H3,(H,15,16,17). The maximum atomic E-state index is 10.2. The fraction of sp³-hybridized carbons (Fsp3) is 0.385. The van der Waals surface area contributed by atoms with Crippen molar-refractivity contribution >= 4 is 40.1 Å². The Kier molecular flexibility index (Phi) is 4.50. The average molecular weight is 298 g/mol. The van der Waals surface area contributed by atoms with Gasteiger partial charge in [-0.1, -0.05) is 12.1 Å². The second-order valence-corrected chi connectivity index (χ2v) is 5.85. The molecular formula is C13H16ClN3OS. The molecule has 2 rings (SSSR count). The molecule has 0 fully saturated rings. The molecule has 2 aromatic rings. The van der Waals surface area contributed by atoms with Crippen LogP contribution < -0.4 is 5.32 Å². The van der Waals surface area contributed by atoms with Gasteiger partial charge in [-0.2, -0.15) is 11.8 Å². The summed E-state index contributed by atoms with van der Waals surface area (Å²) in [5.74, 6) is 1.30. The Balaban J connectivity index is 2.25. The summed E-state index contributed by atoms with van der Waals surface area (Å²) in [7, 11) is 0. The zero-order chi connectivity index (χ0) is 13.9. The SMILES string of the molecule is CSCC(C)(O)CNc1nc(Cl)nc2ccccc12. The van der Waals surface area contributed by atoms with E-state index >= 15 is 0 Å². The van der Waals surface area contributed by atoms with Crippen molar-refractivity contribution < 1.29 is 5.11 Å². The third-order valence-electron chi connectivity index (χ3n) is 2.67. The normalized spacial score (nSPS) is 14.3. The maximum absolute atomic E-state index is 10.2. The Labute approximate surface area is 121 Å². The molecule has 0 saturated heterocycles. The van der Waals surface area contributed by atoms with Gasteiger partial charge in [0.2, 0.25) is 5.28 Å². The Morgan fingerprint density at radius 3 is 2.84 bits per heavy atom. The molecule has 1 unspecified atom stereocenters. The monoisotopic (exact) mass is 297 g/mol. The number of fused-ring (bicyclic) bond motifs is 1. The first kappa shape index (κ1) is 14.4. The summed E-state index contributed by atoms with van der Waals surface area (Å²) in [6.07, 6.45) is 1.96. The lowest BCUT2D eigenvalue weighted by Crippen LogP contribution is -2.36. The number of hydrogen-bond acceptors (Lipinski definition) is 5. The van der Waals surface area contributed by atoms with Crippen LogP contribution in [0.25, 0.3) is 10.9 Å². The highest BCUT2D eigenvalue weighted by molar-refractivity contribution is 7.98. The molecule has 19 heavy (non-hydrogen) atoms. The first-order valence-corrected chi connectivity index (χ1v) is 7.66. The quantitative estimate of drug-likeness (QED) is 0.831. The van der Waals surface area contributed by atoms with Crippen LogP contribution in [-0.2, 0) is 0 Å². The van der Waals surface area contributed by atoms with Gasteiger partial charge in [-0.05, 0) is 36.9 Å². The fourth-order valence-electron chi connectivity index (χ4n) is 1.82. The predicted molar refractivity (Wildman–Crippen MR) is 82.0 cm³/mol. The molecule has 2 N–H and O–H groups in total. The number of rotatable bonds is 5. The third kappa shape index (κ3) is 3.72. The van der Waals surface area contributed by atoms with Gasteiger partial charge in [0.25, 0.3) is 0 Å². The topological polar surface area (TPSA) is 58.0 Å². The van der Waals surface area contributed by atoms with Crippen LogP contribution >= 0.6 is 23.4 Å². The Morgan fingerprint density at radius 1 is 1.37 bits per heavy atom. The molecule has 102 valence electrons. The van der Waals surface area contributed by atoms with Gasteiger partial charge in [-0.25, -0.2) is 9.97 Å². The number of thioether (sulfide) groups is 1. The van der Waals surface area contributed by atoms with E-state index in [1.54, 1.807) is 18.7 Å². The smallest absolute Gasteiger partial charge is 0.224 e. The van der Waals surface area contributed by atoms with Crippen LogP contribution in [0.2, 0.25) is 5.28 Å². The van der Waals surface area contributed by atoms with Gasteiger partial charge in [0, 0.05) is 17.7 Å². The van der Waals surface area contributed by atoms with Gasteiger partial charge >= 0.3 is 0 Å². The molecule has 0 aliphatic carbocycles. The highest BCUT2D eigenvalue weighted by Gasteiger charge is 2.20. The number of para-hydroxylation sites is 1. The lowest BCUT2D eigenvalue weighted by Gasteiger charge is -2.23. The summed E-state index contributed by atoms with van der Waals surface area (Å²) in [6.45, 7) is 2.20. The summed E-state index contributed by atoms with van der Waals surface area (Å²) < 4.78 is 0. The van der Waals surface area contributed by atoms with Gasteiger partial charge in [-0.15, -0.1) is 0 Å². The molecule has 1 atom stereocenters. The molecule has 0 spiro atoms. The summed E-state index contributed by atoms with van der Waals surface area (Å²) >= 11 is 7.51. The fourth-order valence-corrected chi connectivity index (χ4v) is 2.72. The molecule has 6 heteroatoms. The summed E-state index contributed by atoms with van der Waals surface area (Å²) in [5.41, 5.74) is -0.00712. The minimum Gasteiger partial charge on any atom is -0.387 e. The molecule has 0 aliphatic heterocycles. The zero-order valence-electron chi connectivity index (χ0n) is 10.9. The second kappa shape index (κ2) is 5.94. The van der Waals surface area contributed by atoms with Crippen molar-refractivity contribution in [1.29, 1.82) is 0 Å². The summed E-state index contributed by atoms with van der Waals surface area (Å²) in [6, 6.07) is 7.63. The van der Waals surface area contributed by atoms with Crippen molar-refractivity contribution in [3.63, 3.8) is 0 Å². The minimum absolute atomic E-state index is 0.200. The van der Waals surface area contributed by atoms with Crippen LogP contribution in [0, 0.1) is 0 Å². The molecule has 0 saturated carbocycles. The van der Waals surface area contributed by atoms with E-state index < -0.39 is 5.60 Å². The van der Waals surface area contributed by atoms with E-state index in [4.69, 9.17) is 11.6 Å². The van der Waals surface area contributed by atoms with Gasteiger partial charge in [0.1, 0.15) is 5.82 Å². The van der Waals surface area contributed by atoms with Crippen LogP contribution in [0.3, 0.4) is 0 Å². The minimum atomic E-state index is -0.794. The molecule has 0 radical (unpaired) electrons. The van der Waals surface area contributed by atoms with Crippen molar-refractivity contribution in [1.82, 2.24) is 9.97 Å². The van der Waals surface area contributed by atoms with Gasteiger partial charge in [-0.3, -0.25) is 0 Å². The van der Waals surface area contributed by atoms with Gasteiger partial charge in [0.05, 0.1) is 11.1 Å². The number of nitrogens with zero attached hydrogens (tertiary/aromatic N) is 2. The van der Waals surface area contributed by atoms with E-state index in [9.17, 15) is 5.11 Å². The molecule has 1 heterocycles. The number of benzene rings is 1. The molecule has 1 aromatic carbocycles. The number of halogens is 1. The van der Waals surface area contributed by atoms with Crippen LogP contribution in [0.15, 0.2) is 24.3 Å². The lowest BCUT2D eigenvalue weighted by atomic mass is 10.1. The van der Waals surface area contributed by atoms with Crippen LogP contribution in [0.4, 0.5) is 5.82 Å². The summed E-state index contributed by atoms with van der Waals surface area (Å²) in [4.78, 5) is 8.35. The molecule has 4 nitrogen and oxygen atoms in total. The maximum Gasteiger partial charge on any atom is 0.224 e. The Hall–Kier alpha value is -1.04. The number of nitrogens with one attached hydrogen (secondary N) is 1. The number of anilines is 1. The molecule has 0 amide bonds. The van der Waals surface area contributed by atoms with E-state index in [0.29, 0.717) is 18.1 Å². The zero-order valence-corrected chi connectivity index (χ0v) is 12.4. The van der Waals surface area contributed by atoms with Crippen molar-refractivity contribution in [3.8, 4) is 0 Å². The van der Waals surface area contributed by atoms with Crippen molar-refractivity contribution in [2.24, 2.45) is 0 Å². The number of aliphatic hydroxyl groups is 1. The Bertz CT molecular complexity index is 577. The van der Waals surface area contributed by atoms with E-state index in [1.165, 1.54) is 0 Å². The second-order valence-electron chi connectivity index (χ2n) is 4.64. The van der Waals surface area contributed by atoms with Gasteiger partial charge < -0.3 is 10.4 Å². The van der Waals surface area contributed by atoms with Crippen molar-refractivity contribution in [2.45, 2.75) is 12.5 Å². The largest absolute Gasteiger partial charge is 0.387 e. The highest BCUT2D eigenvalue weighted by atomic mass is 35.5. The van der Waals surface area contributed by atoms with E-state index in [2.05, 4.69) is 15.3 Å². The molecular weight excluding hydrogens is 282 g/mol. The van der Waals surface area contributed by atoms with Crippen molar-refractivity contribution in [3.05, 3.63) is 29.5 Å². The lowest BCUT2D eigenvalue weighted by molar-refractivity contribution is 0.0996. The highest BCUT2D eigenvalue weighted by Crippen LogP contribution is 2.22. The number of aromatic nitrogens is 2. The Morgan fingerprint density at radius 2 is 2.11 bits per heavy atom. The van der Waals surface area contributed by atoms with Gasteiger partial charge in [0.15, 0.2) is 0 Å². The van der Waals surface area contributed by atoms with E-state index in [-0.39, 0.29) is 5.28 Å². The van der Waals surface area contributed by atoms with Crippen LogP contribution in [0.1, 0.15) is 6.92 Å². The van der Waals surface area contributed by atoms with E-state index in [0.717, 1.165) is 10.9 Å². The summed E-state index contributed by atoms with van der Waals surface area (Å²) in [5, 5.41) is 14.4. The molecule has 0 aliphatic rings. The first-order valence-electron chi connectivity index (χ1n) is 5.89. The molecule has 0 bridgehead atoms. The molecule has 1 aromatic heterocycles. The van der Waals surface area contributed by atoms with Crippen LogP contribution in [0.5, 0.6) is 0 Å². The predicted octanol–water partition coefficient (Wildman–Crippen LogP) is 2.81. The van der Waals surface area contributed by atoms with Crippen LogP contribution in [-0.4, -0.2) is 39.2 Å².